The van der Waals surface area contributed by atoms with Crippen molar-refractivity contribution in [3.05, 3.63) is 0 Å². The Morgan fingerprint density at radius 2 is 2.20 bits per heavy atom. The maximum absolute atomic E-state index is 6.64. The molecule has 0 atom stereocenters. The molecule has 0 aromatic carbocycles. The average molecular weight is 93.6 g/mol. The summed E-state index contributed by atoms with van der Waals surface area (Å²) in [4.78, 5) is 0. The molecular formula is C3H7ClN+. The minimum Gasteiger partial charge on any atom is -0.231 e. The number of nitrogens with zero attached hydrogens (tertiary/aromatic N) is 1. The van der Waals surface area contributed by atoms with E-state index in [1.54, 1.807) is 14.1 Å². The first-order chi connectivity index (χ1) is 2.64. The lowest BCUT2D eigenvalue weighted by atomic mass is 11.1. The Hall–Kier alpha value is -0.0400. The van der Waals surface area contributed by atoms with Crippen LogP contribution < -0.4 is 0 Å². The Bertz CT molecular complexity index is 60.9. The van der Waals surface area contributed by atoms with Gasteiger partial charge in [-0.3, -0.25) is 0 Å². The zero-order valence-electron chi connectivity index (χ0n) is 4.33. The summed E-state index contributed by atoms with van der Waals surface area (Å²) in [5.74, 6) is 0. The summed E-state index contributed by atoms with van der Waals surface area (Å²) >= 11 is 5.12. The van der Waals surface area contributed by atoms with E-state index in [0.717, 1.165) is 0 Å². The van der Waals surface area contributed by atoms with Crippen LogP contribution in [0.3, 0.4) is 0 Å². The fraction of sp³-hybridized carbons (Fsp3) is 0.667. The predicted molar refractivity (Wildman–Crippen MR) is 24.0 cm³/mol. The van der Waals surface area contributed by atoms with Crippen LogP contribution in [0.15, 0.2) is 0 Å². The lowest BCUT2D eigenvalue weighted by molar-refractivity contribution is -0.457. The minimum absolute atomic E-state index is 0.0648. The van der Waals surface area contributed by atoms with Gasteiger partial charge in [-0.05, 0) is 11.6 Å². The highest BCUT2D eigenvalue weighted by atomic mass is 35.5. The standard InChI is InChI=1S/C3H7ClN/c1-5(2)3-4/h3H,1-2H3/q+1/i3D. The topological polar surface area (TPSA) is 3.01 Å². The van der Waals surface area contributed by atoms with Crippen LogP contribution in [0.1, 0.15) is 1.37 Å². The molecule has 0 spiro atoms. The van der Waals surface area contributed by atoms with E-state index in [-0.39, 0.29) is 5.65 Å². The van der Waals surface area contributed by atoms with Gasteiger partial charge in [0.2, 0.25) is 5.65 Å². The largest absolute Gasteiger partial charge is 0.232 e. The zero-order chi connectivity index (χ0) is 5.15. The van der Waals surface area contributed by atoms with Gasteiger partial charge in [-0.2, -0.15) is 0 Å². The number of halogens is 1. The summed E-state index contributed by atoms with van der Waals surface area (Å²) < 4.78 is 8.16. The van der Waals surface area contributed by atoms with E-state index in [2.05, 4.69) is 0 Å². The van der Waals surface area contributed by atoms with Crippen molar-refractivity contribution >= 4 is 17.3 Å². The number of hydrogen-bond donors (Lipinski definition) is 0. The van der Waals surface area contributed by atoms with Gasteiger partial charge >= 0.3 is 0 Å². The Morgan fingerprint density at radius 1 is 2.00 bits per heavy atom. The second-order valence-corrected chi connectivity index (χ2v) is 1.15. The smallest absolute Gasteiger partial charge is 0.231 e. The van der Waals surface area contributed by atoms with Crippen LogP contribution in [0, 0.1) is 0 Å². The summed E-state index contributed by atoms with van der Waals surface area (Å²) in [6.45, 7) is 0. The molecule has 0 aliphatic heterocycles. The van der Waals surface area contributed by atoms with Crippen LogP contribution >= 0.6 is 11.6 Å². The van der Waals surface area contributed by atoms with Crippen molar-refractivity contribution in [3.63, 3.8) is 0 Å². The fourth-order valence-electron chi connectivity index (χ4n) is 0. The Kier molecular flexibility index (Phi) is 1.40. The van der Waals surface area contributed by atoms with Crippen molar-refractivity contribution in [3.8, 4) is 0 Å². The van der Waals surface area contributed by atoms with E-state index in [9.17, 15) is 0 Å². The molecule has 0 aromatic heterocycles. The molecule has 0 saturated heterocycles. The third-order valence-electron chi connectivity index (χ3n) is 0.169. The molecule has 2 heteroatoms. The van der Waals surface area contributed by atoms with Crippen molar-refractivity contribution in [2.45, 2.75) is 0 Å². The van der Waals surface area contributed by atoms with Crippen molar-refractivity contribution in [2.75, 3.05) is 14.1 Å². The van der Waals surface area contributed by atoms with Gasteiger partial charge in [0.1, 0.15) is 14.1 Å². The van der Waals surface area contributed by atoms with Crippen LogP contribution in [0.25, 0.3) is 0 Å². The average Bonchev–Trinajstić information content (AvgIpc) is 1.36. The highest BCUT2D eigenvalue weighted by molar-refractivity contribution is 6.54. The predicted octanol–water partition coefficient (Wildman–Crippen LogP) is 0.526. The Balaban J connectivity index is 3.68. The van der Waals surface area contributed by atoms with Crippen molar-refractivity contribution in [1.29, 1.82) is 0 Å². The van der Waals surface area contributed by atoms with Gasteiger partial charge in [0.15, 0.2) is 1.37 Å². The second-order valence-electron chi connectivity index (χ2n) is 0.979. The van der Waals surface area contributed by atoms with Gasteiger partial charge in [0.25, 0.3) is 0 Å². The first kappa shape index (κ1) is 3.16. The van der Waals surface area contributed by atoms with E-state index >= 15 is 0 Å². The molecule has 5 heavy (non-hydrogen) atoms. The number of rotatable bonds is 0. The van der Waals surface area contributed by atoms with Crippen molar-refractivity contribution < 1.29 is 5.95 Å². The van der Waals surface area contributed by atoms with Gasteiger partial charge in [-0.15, -0.1) is 0 Å². The first-order valence-electron chi connectivity index (χ1n) is 1.81. The Morgan fingerprint density at radius 3 is 2.20 bits per heavy atom. The van der Waals surface area contributed by atoms with Crippen LogP contribution in [0.5, 0.6) is 0 Å². The molecule has 0 aromatic rings. The van der Waals surface area contributed by atoms with Crippen LogP contribution in [-0.2, 0) is 0 Å². The Labute approximate surface area is 38.3 Å². The highest BCUT2D eigenvalue weighted by Crippen LogP contribution is 1.55. The zero-order valence-corrected chi connectivity index (χ0v) is 4.08. The molecule has 0 aliphatic rings. The van der Waals surface area contributed by atoms with E-state index < -0.39 is 0 Å². The molecule has 0 rings (SSSR count). The van der Waals surface area contributed by atoms with E-state index in [1.165, 1.54) is 4.58 Å². The van der Waals surface area contributed by atoms with Gasteiger partial charge in [0.05, 0.1) is 0 Å². The van der Waals surface area contributed by atoms with Crippen LogP contribution in [-0.4, -0.2) is 24.3 Å². The summed E-state index contributed by atoms with van der Waals surface area (Å²) in [5.41, 5.74) is 0.0648. The van der Waals surface area contributed by atoms with Gasteiger partial charge in [-0.1, -0.05) is 0 Å². The molecule has 0 fully saturated rings. The van der Waals surface area contributed by atoms with E-state index in [4.69, 9.17) is 13.0 Å². The molecule has 30 valence electrons. The van der Waals surface area contributed by atoms with Gasteiger partial charge < -0.3 is 0 Å². The maximum atomic E-state index is 6.64. The van der Waals surface area contributed by atoms with Crippen LogP contribution in [0.2, 0.25) is 0 Å². The lowest BCUT2D eigenvalue weighted by Crippen LogP contribution is -1.91. The van der Waals surface area contributed by atoms with Crippen molar-refractivity contribution in [2.24, 2.45) is 0 Å². The quantitative estimate of drug-likeness (QED) is 0.304. The molecule has 0 bridgehead atoms. The molecule has 1 nitrogen and oxygen atoms in total. The summed E-state index contributed by atoms with van der Waals surface area (Å²) in [6, 6.07) is 0. The molecule has 0 aliphatic carbocycles. The maximum Gasteiger partial charge on any atom is 0.232 e. The molecule has 0 unspecified atom stereocenters. The van der Waals surface area contributed by atoms with Crippen molar-refractivity contribution in [1.82, 2.24) is 0 Å². The third-order valence-corrected chi connectivity index (χ3v) is 0.507. The third kappa shape index (κ3) is 3.96. The molecule has 0 heterocycles. The molecule has 0 saturated carbocycles. The lowest BCUT2D eigenvalue weighted by Gasteiger charge is -1.70. The minimum atomic E-state index is 0.0648. The molecular weight excluding hydrogens is 85.5 g/mol. The summed E-state index contributed by atoms with van der Waals surface area (Å²) in [6.07, 6.45) is 0. The summed E-state index contributed by atoms with van der Waals surface area (Å²) in [7, 11) is 3.44. The molecule has 0 N–H and O–H groups in total. The summed E-state index contributed by atoms with van der Waals surface area (Å²) in [5, 5.41) is 0. The van der Waals surface area contributed by atoms with Gasteiger partial charge in [0, 0.05) is 0 Å². The molecule has 0 radical (unpaired) electrons. The monoisotopic (exact) mass is 93.0 g/mol. The number of hydrogen-bond acceptors (Lipinski definition) is 0. The molecule has 0 amide bonds. The van der Waals surface area contributed by atoms with E-state index in [1.807, 2.05) is 0 Å². The second kappa shape index (κ2) is 2.21. The normalized spacial score (nSPS) is 9.80. The fourth-order valence-corrected chi connectivity index (χ4v) is 0. The van der Waals surface area contributed by atoms with Crippen LogP contribution in [0.4, 0.5) is 0 Å². The first-order valence-corrected chi connectivity index (χ1v) is 1.68. The van der Waals surface area contributed by atoms with E-state index in [0.29, 0.717) is 0 Å². The SMILES string of the molecule is [2H]C(Cl)=[N+](C)C. The van der Waals surface area contributed by atoms with Gasteiger partial charge in [-0.25, -0.2) is 4.58 Å². The highest BCUT2D eigenvalue weighted by Gasteiger charge is 1.67.